The van der Waals surface area contributed by atoms with Gasteiger partial charge in [-0.2, -0.15) is 5.26 Å². The second-order valence-corrected chi connectivity index (χ2v) is 9.13. The van der Waals surface area contributed by atoms with Gasteiger partial charge in [0.05, 0.1) is 11.2 Å². The highest BCUT2D eigenvalue weighted by atomic mass is 35.5. The topological polar surface area (TPSA) is 83.8 Å². The van der Waals surface area contributed by atoms with Gasteiger partial charge in [-0.05, 0) is 55.7 Å². The first-order valence-corrected chi connectivity index (χ1v) is 12.2. The van der Waals surface area contributed by atoms with E-state index in [2.05, 4.69) is 29.4 Å². The molecular formula is C26H33ClN6O. The summed E-state index contributed by atoms with van der Waals surface area (Å²) in [6, 6.07) is 14.9. The van der Waals surface area contributed by atoms with Crippen LogP contribution in [-0.2, 0) is 0 Å². The predicted octanol–water partition coefficient (Wildman–Crippen LogP) is 5.90. The normalized spacial score (nSPS) is 15.6. The van der Waals surface area contributed by atoms with Crippen molar-refractivity contribution in [2.45, 2.75) is 52.0 Å². The summed E-state index contributed by atoms with van der Waals surface area (Å²) in [6.45, 7) is 7.98. The maximum absolute atomic E-state index is 13.4. The van der Waals surface area contributed by atoms with Gasteiger partial charge in [0.1, 0.15) is 0 Å². The lowest BCUT2D eigenvalue weighted by atomic mass is 9.84. The van der Waals surface area contributed by atoms with Gasteiger partial charge in [0.25, 0.3) is 0 Å². The molecule has 0 aromatic heterocycles. The fraction of sp³-hybridized carbons (Fsp3) is 0.423. The molecule has 0 radical (unpaired) electrons. The van der Waals surface area contributed by atoms with Crippen LogP contribution in [-0.4, -0.2) is 47.0 Å². The second-order valence-electron chi connectivity index (χ2n) is 8.69. The number of rotatable bonds is 6. The molecule has 1 heterocycles. The summed E-state index contributed by atoms with van der Waals surface area (Å²) in [5, 5.41) is 15.9. The van der Waals surface area contributed by atoms with Crippen LogP contribution in [0.3, 0.4) is 0 Å². The largest absolute Gasteiger partial charge is 0.338 e. The number of urea groups is 1. The SMILES string of the molecule is CCCC1(CCC)CN(C(=Nc2ccccc2C)NC#N)CCN1C(=O)Nc1ccc(Cl)cc1. The van der Waals surface area contributed by atoms with Crippen molar-refractivity contribution in [3.8, 4) is 6.19 Å². The number of benzene rings is 2. The molecule has 0 aliphatic carbocycles. The Morgan fingerprint density at radius 2 is 1.79 bits per heavy atom. The molecule has 1 aliphatic rings. The minimum Gasteiger partial charge on any atom is -0.338 e. The number of piperazine rings is 1. The van der Waals surface area contributed by atoms with Crippen molar-refractivity contribution in [3.63, 3.8) is 0 Å². The number of aryl methyl sites for hydroxylation is 1. The first kappa shape index (κ1) is 25.4. The number of carbonyl (C=O) groups excluding carboxylic acids is 1. The minimum atomic E-state index is -0.373. The van der Waals surface area contributed by atoms with E-state index < -0.39 is 0 Å². The standard InChI is InChI=1S/C26H33ClN6O/c1-4-14-26(15-5-2)18-32(24(29-19-28)31-23-9-7-6-8-20(23)3)16-17-33(26)25(34)30-22-12-10-21(27)11-13-22/h6-13H,4-5,14-18H2,1-3H3,(H,29,31)(H,30,34). The van der Waals surface area contributed by atoms with Crippen LogP contribution in [0.4, 0.5) is 16.2 Å². The average molecular weight is 481 g/mol. The van der Waals surface area contributed by atoms with E-state index in [1.807, 2.05) is 54.4 Å². The number of carbonyl (C=O) groups is 1. The number of guanidine groups is 1. The Labute approximate surface area is 207 Å². The van der Waals surface area contributed by atoms with Gasteiger partial charge in [-0.1, -0.05) is 56.5 Å². The van der Waals surface area contributed by atoms with E-state index in [4.69, 9.17) is 16.6 Å². The summed E-state index contributed by atoms with van der Waals surface area (Å²) < 4.78 is 0. The molecule has 0 saturated carbocycles. The molecule has 1 fully saturated rings. The lowest BCUT2D eigenvalue weighted by Gasteiger charge is -2.51. The molecule has 2 aromatic carbocycles. The average Bonchev–Trinajstić information content (AvgIpc) is 2.82. The van der Waals surface area contributed by atoms with E-state index in [1.165, 1.54) is 0 Å². The van der Waals surface area contributed by atoms with Gasteiger partial charge in [-0.15, -0.1) is 0 Å². The van der Waals surface area contributed by atoms with Crippen LogP contribution in [0.1, 0.15) is 45.1 Å². The molecule has 0 atom stereocenters. The van der Waals surface area contributed by atoms with E-state index in [9.17, 15) is 10.1 Å². The van der Waals surface area contributed by atoms with E-state index in [-0.39, 0.29) is 11.6 Å². The summed E-state index contributed by atoms with van der Waals surface area (Å²) in [7, 11) is 0. The number of nitriles is 1. The Balaban J connectivity index is 1.90. The second kappa shape index (κ2) is 11.8. The third kappa shape index (κ3) is 6.00. The van der Waals surface area contributed by atoms with Gasteiger partial charge in [-0.3, -0.25) is 5.32 Å². The zero-order valence-corrected chi connectivity index (χ0v) is 20.9. The highest BCUT2D eigenvalue weighted by Gasteiger charge is 2.43. The Morgan fingerprint density at radius 1 is 1.12 bits per heavy atom. The molecule has 2 N–H and O–H groups in total. The Hall–Kier alpha value is -3.24. The number of para-hydroxylation sites is 1. The lowest BCUT2D eigenvalue weighted by molar-refractivity contribution is 0.0421. The van der Waals surface area contributed by atoms with Gasteiger partial charge in [0.15, 0.2) is 6.19 Å². The van der Waals surface area contributed by atoms with E-state index in [0.29, 0.717) is 36.3 Å². The molecular weight excluding hydrogens is 448 g/mol. The van der Waals surface area contributed by atoms with Crippen LogP contribution in [0.15, 0.2) is 53.5 Å². The Kier molecular flexibility index (Phi) is 8.78. The minimum absolute atomic E-state index is 0.116. The van der Waals surface area contributed by atoms with Crippen LogP contribution in [0.5, 0.6) is 0 Å². The zero-order chi connectivity index (χ0) is 24.6. The molecule has 3 rings (SSSR count). The van der Waals surface area contributed by atoms with Gasteiger partial charge in [0.2, 0.25) is 5.96 Å². The third-order valence-electron chi connectivity index (χ3n) is 6.23. The van der Waals surface area contributed by atoms with Crippen molar-refractivity contribution in [1.82, 2.24) is 15.1 Å². The number of nitrogens with one attached hydrogen (secondary N) is 2. The third-order valence-corrected chi connectivity index (χ3v) is 6.48. The van der Waals surface area contributed by atoms with Crippen LogP contribution in [0, 0.1) is 18.4 Å². The van der Waals surface area contributed by atoms with Crippen molar-refractivity contribution in [2.24, 2.45) is 4.99 Å². The summed E-state index contributed by atoms with van der Waals surface area (Å²) in [4.78, 5) is 22.3. The Bertz CT molecular complexity index is 1040. The molecule has 8 heteroatoms. The van der Waals surface area contributed by atoms with E-state index in [0.717, 1.165) is 36.9 Å². The fourth-order valence-corrected chi connectivity index (χ4v) is 4.84. The monoisotopic (exact) mass is 480 g/mol. The van der Waals surface area contributed by atoms with E-state index in [1.54, 1.807) is 12.1 Å². The van der Waals surface area contributed by atoms with E-state index >= 15 is 0 Å². The number of nitrogens with zero attached hydrogens (tertiary/aromatic N) is 4. The summed E-state index contributed by atoms with van der Waals surface area (Å²) in [5.74, 6) is 0.520. The van der Waals surface area contributed by atoms with Crippen molar-refractivity contribution < 1.29 is 4.79 Å². The van der Waals surface area contributed by atoms with Crippen molar-refractivity contribution >= 4 is 35.0 Å². The maximum atomic E-state index is 13.4. The highest BCUT2D eigenvalue weighted by molar-refractivity contribution is 6.30. The highest BCUT2D eigenvalue weighted by Crippen LogP contribution is 2.33. The van der Waals surface area contributed by atoms with Crippen molar-refractivity contribution in [1.29, 1.82) is 5.26 Å². The summed E-state index contributed by atoms with van der Waals surface area (Å²) in [5.41, 5.74) is 2.20. The first-order valence-electron chi connectivity index (χ1n) is 11.8. The number of halogens is 1. The van der Waals surface area contributed by atoms with Crippen LogP contribution < -0.4 is 10.6 Å². The van der Waals surface area contributed by atoms with Crippen LogP contribution in [0.2, 0.25) is 5.02 Å². The molecule has 0 spiro atoms. The molecule has 7 nitrogen and oxygen atoms in total. The molecule has 1 saturated heterocycles. The lowest BCUT2D eigenvalue weighted by Crippen LogP contribution is -2.66. The molecule has 2 amide bonds. The van der Waals surface area contributed by atoms with Crippen LogP contribution >= 0.6 is 11.6 Å². The quantitative estimate of drug-likeness (QED) is 0.233. The van der Waals surface area contributed by atoms with Crippen molar-refractivity contribution in [2.75, 3.05) is 25.0 Å². The summed E-state index contributed by atoms with van der Waals surface area (Å²) >= 11 is 6.00. The molecule has 2 aromatic rings. The number of aliphatic imine (C=N–C) groups is 1. The number of anilines is 1. The van der Waals surface area contributed by atoms with Crippen LogP contribution in [0.25, 0.3) is 0 Å². The molecule has 0 unspecified atom stereocenters. The summed E-state index contributed by atoms with van der Waals surface area (Å²) in [6.07, 6.45) is 5.63. The number of hydrogen-bond acceptors (Lipinski definition) is 3. The maximum Gasteiger partial charge on any atom is 0.322 e. The van der Waals surface area contributed by atoms with Gasteiger partial charge >= 0.3 is 6.03 Å². The molecule has 34 heavy (non-hydrogen) atoms. The molecule has 180 valence electrons. The van der Waals surface area contributed by atoms with Gasteiger partial charge < -0.3 is 15.1 Å². The zero-order valence-electron chi connectivity index (χ0n) is 20.1. The first-order chi connectivity index (χ1) is 16.4. The number of hydrogen-bond donors (Lipinski definition) is 2. The fourth-order valence-electron chi connectivity index (χ4n) is 4.71. The number of amides is 2. The van der Waals surface area contributed by atoms with Gasteiger partial charge in [0, 0.05) is 30.3 Å². The molecule has 0 bridgehead atoms. The molecule has 1 aliphatic heterocycles. The van der Waals surface area contributed by atoms with Crippen molar-refractivity contribution in [3.05, 3.63) is 59.1 Å². The Morgan fingerprint density at radius 3 is 2.41 bits per heavy atom. The predicted molar refractivity (Wildman–Crippen MR) is 138 cm³/mol. The van der Waals surface area contributed by atoms with Gasteiger partial charge in [-0.25, -0.2) is 9.79 Å². The smallest absolute Gasteiger partial charge is 0.322 e.